The van der Waals surface area contributed by atoms with E-state index < -0.39 is 0 Å². The van der Waals surface area contributed by atoms with Crippen LogP contribution in [0.5, 0.6) is 5.75 Å². The molecule has 1 amide bonds. The van der Waals surface area contributed by atoms with Crippen molar-refractivity contribution in [2.75, 3.05) is 11.9 Å². The Balaban J connectivity index is 1.57. The van der Waals surface area contributed by atoms with Gasteiger partial charge in [-0.2, -0.15) is 0 Å². The molecule has 0 saturated heterocycles. The van der Waals surface area contributed by atoms with Crippen molar-refractivity contribution >= 4 is 28.9 Å². The maximum Gasteiger partial charge on any atom is 0.270 e. The molecule has 0 aliphatic rings. The van der Waals surface area contributed by atoms with E-state index in [1.54, 1.807) is 18.3 Å². The monoisotopic (exact) mass is 381 g/mol. The summed E-state index contributed by atoms with van der Waals surface area (Å²) in [6, 6.07) is 18.5. The molecule has 2 aromatic carbocycles. The summed E-state index contributed by atoms with van der Waals surface area (Å²) in [6.45, 7) is 2.94. The summed E-state index contributed by atoms with van der Waals surface area (Å²) >= 11 is 6.10. The zero-order valence-electron chi connectivity index (χ0n) is 14.9. The number of rotatable bonds is 7. The van der Waals surface area contributed by atoms with Gasteiger partial charge in [-0.1, -0.05) is 29.8 Å². The molecule has 6 heteroatoms. The van der Waals surface area contributed by atoms with Gasteiger partial charge in [-0.15, -0.1) is 0 Å². The number of carbonyl (C=O) groups is 1. The average molecular weight is 382 g/mol. The van der Waals surface area contributed by atoms with Crippen LogP contribution in [0.15, 0.2) is 66.9 Å². The van der Waals surface area contributed by atoms with E-state index in [1.807, 2.05) is 55.5 Å². The van der Waals surface area contributed by atoms with Crippen molar-refractivity contribution < 1.29 is 9.53 Å². The second kappa shape index (κ2) is 9.05. The SMILES string of the molecule is CCOc1ccc(Nc2ccc(C(=O)NCc3ccccc3Cl)nc2)cc1. The van der Waals surface area contributed by atoms with Crippen LogP contribution in [0.1, 0.15) is 23.0 Å². The number of nitrogens with one attached hydrogen (secondary N) is 2. The number of pyridine rings is 1. The molecule has 1 aromatic heterocycles. The summed E-state index contributed by atoms with van der Waals surface area (Å²) in [5.41, 5.74) is 2.92. The minimum Gasteiger partial charge on any atom is -0.494 e. The van der Waals surface area contributed by atoms with Crippen molar-refractivity contribution in [2.24, 2.45) is 0 Å². The van der Waals surface area contributed by atoms with E-state index in [0.717, 1.165) is 22.7 Å². The first kappa shape index (κ1) is 18.7. The fourth-order valence-electron chi connectivity index (χ4n) is 2.48. The first-order valence-corrected chi connectivity index (χ1v) is 9.01. The smallest absolute Gasteiger partial charge is 0.270 e. The van der Waals surface area contributed by atoms with Crippen LogP contribution in [0, 0.1) is 0 Å². The van der Waals surface area contributed by atoms with Crippen molar-refractivity contribution in [2.45, 2.75) is 13.5 Å². The van der Waals surface area contributed by atoms with E-state index in [1.165, 1.54) is 0 Å². The van der Waals surface area contributed by atoms with E-state index in [0.29, 0.717) is 23.9 Å². The third kappa shape index (κ3) is 5.21. The molecule has 0 aliphatic carbocycles. The number of anilines is 2. The van der Waals surface area contributed by atoms with E-state index in [4.69, 9.17) is 16.3 Å². The molecular weight excluding hydrogens is 362 g/mol. The lowest BCUT2D eigenvalue weighted by atomic mass is 10.2. The number of benzene rings is 2. The lowest BCUT2D eigenvalue weighted by Crippen LogP contribution is -2.23. The number of aromatic nitrogens is 1. The van der Waals surface area contributed by atoms with Crippen LogP contribution in [0.4, 0.5) is 11.4 Å². The third-order valence-corrected chi connectivity index (χ3v) is 4.22. The summed E-state index contributed by atoms with van der Waals surface area (Å²) in [5.74, 6) is 0.578. The van der Waals surface area contributed by atoms with Gasteiger partial charge in [0.05, 0.1) is 18.5 Å². The van der Waals surface area contributed by atoms with Gasteiger partial charge in [0.2, 0.25) is 0 Å². The van der Waals surface area contributed by atoms with E-state index in [9.17, 15) is 4.79 Å². The van der Waals surface area contributed by atoms with Gasteiger partial charge >= 0.3 is 0 Å². The van der Waals surface area contributed by atoms with Gasteiger partial charge in [0.25, 0.3) is 5.91 Å². The minimum absolute atomic E-state index is 0.248. The Labute approximate surface area is 163 Å². The highest BCUT2D eigenvalue weighted by molar-refractivity contribution is 6.31. The summed E-state index contributed by atoms with van der Waals surface area (Å²) in [7, 11) is 0. The zero-order valence-corrected chi connectivity index (χ0v) is 15.7. The van der Waals surface area contributed by atoms with Crippen LogP contribution >= 0.6 is 11.6 Å². The van der Waals surface area contributed by atoms with Crippen molar-refractivity contribution in [3.05, 3.63) is 83.1 Å². The first-order valence-electron chi connectivity index (χ1n) is 8.63. The Bertz CT molecular complexity index is 896. The molecule has 0 aliphatic heterocycles. The molecule has 27 heavy (non-hydrogen) atoms. The average Bonchev–Trinajstić information content (AvgIpc) is 2.69. The van der Waals surface area contributed by atoms with E-state index >= 15 is 0 Å². The largest absolute Gasteiger partial charge is 0.494 e. The van der Waals surface area contributed by atoms with Gasteiger partial charge in [0.15, 0.2) is 0 Å². The number of nitrogens with zero attached hydrogens (tertiary/aromatic N) is 1. The van der Waals surface area contributed by atoms with Crippen molar-refractivity contribution in [3.63, 3.8) is 0 Å². The fraction of sp³-hybridized carbons (Fsp3) is 0.143. The lowest BCUT2D eigenvalue weighted by molar-refractivity contribution is 0.0946. The molecule has 5 nitrogen and oxygen atoms in total. The zero-order chi connectivity index (χ0) is 19.1. The molecule has 0 fully saturated rings. The highest BCUT2D eigenvalue weighted by Crippen LogP contribution is 2.20. The molecule has 0 bridgehead atoms. The van der Waals surface area contributed by atoms with Gasteiger partial charge in [-0.05, 0) is 55.0 Å². The van der Waals surface area contributed by atoms with E-state index in [2.05, 4.69) is 15.6 Å². The number of carbonyl (C=O) groups excluding carboxylic acids is 1. The van der Waals surface area contributed by atoms with Crippen LogP contribution in [0.25, 0.3) is 0 Å². The number of hydrogen-bond acceptors (Lipinski definition) is 4. The van der Waals surface area contributed by atoms with Crippen LogP contribution in [-0.2, 0) is 6.54 Å². The summed E-state index contributed by atoms with van der Waals surface area (Å²) < 4.78 is 5.42. The van der Waals surface area contributed by atoms with Gasteiger partial charge < -0.3 is 15.4 Å². The molecule has 3 rings (SSSR count). The Morgan fingerprint density at radius 1 is 1.04 bits per heavy atom. The van der Waals surface area contributed by atoms with Crippen molar-refractivity contribution in [1.82, 2.24) is 10.3 Å². The van der Waals surface area contributed by atoms with E-state index in [-0.39, 0.29) is 5.91 Å². The van der Waals surface area contributed by atoms with Gasteiger partial charge in [-0.25, -0.2) is 4.98 Å². The highest BCUT2D eigenvalue weighted by Gasteiger charge is 2.08. The molecule has 0 saturated carbocycles. The van der Waals surface area contributed by atoms with Crippen LogP contribution < -0.4 is 15.4 Å². The Morgan fingerprint density at radius 2 is 1.78 bits per heavy atom. The molecule has 138 valence electrons. The number of hydrogen-bond donors (Lipinski definition) is 2. The molecule has 0 spiro atoms. The maximum absolute atomic E-state index is 12.2. The molecule has 2 N–H and O–H groups in total. The van der Waals surface area contributed by atoms with Crippen molar-refractivity contribution in [1.29, 1.82) is 0 Å². The predicted octanol–water partition coefficient (Wildman–Crippen LogP) is 4.81. The quantitative estimate of drug-likeness (QED) is 0.616. The fourth-order valence-corrected chi connectivity index (χ4v) is 2.68. The van der Waals surface area contributed by atoms with Crippen molar-refractivity contribution in [3.8, 4) is 5.75 Å². The molecular formula is C21H20ClN3O2. The molecule has 3 aromatic rings. The highest BCUT2D eigenvalue weighted by atomic mass is 35.5. The van der Waals surface area contributed by atoms with Crippen LogP contribution in [-0.4, -0.2) is 17.5 Å². The second-order valence-corrected chi connectivity index (χ2v) is 6.20. The van der Waals surface area contributed by atoms with Crippen LogP contribution in [0.2, 0.25) is 5.02 Å². The van der Waals surface area contributed by atoms with Gasteiger partial charge in [0.1, 0.15) is 11.4 Å². The molecule has 1 heterocycles. The van der Waals surface area contributed by atoms with Gasteiger partial charge in [-0.3, -0.25) is 4.79 Å². The molecule has 0 radical (unpaired) electrons. The second-order valence-electron chi connectivity index (χ2n) is 5.79. The topological polar surface area (TPSA) is 63.2 Å². The van der Waals surface area contributed by atoms with Crippen LogP contribution in [0.3, 0.4) is 0 Å². The van der Waals surface area contributed by atoms with Gasteiger partial charge in [0, 0.05) is 17.3 Å². The lowest BCUT2D eigenvalue weighted by Gasteiger charge is -2.09. The number of ether oxygens (including phenoxy) is 1. The normalized spacial score (nSPS) is 10.3. The Morgan fingerprint density at radius 3 is 2.44 bits per heavy atom. The number of amides is 1. The summed E-state index contributed by atoms with van der Waals surface area (Å²) in [4.78, 5) is 16.5. The summed E-state index contributed by atoms with van der Waals surface area (Å²) in [6.07, 6.45) is 1.63. The third-order valence-electron chi connectivity index (χ3n) is 3.85. The first-order chi connectivity index (χ1) is 13.2. The standard InChI is InChI=1S/C21H20ClN3O2/c1-2-27-18-10-7-16(8-11-18)25-17-9-12-20(23-14-17)21(26)24-13-15-5-3-4-6-19(15)22/h3-12,14,25H,2,13H2,1H3,(H,24,26). The Hall–Kier alpha value is -3.05. The number of halogens is 1. The molecule has 0 atom stereocenters. The molecule has 0 unspecified atom stereocenters. The summed E-state index contributed by atoms with van der Waals surface area (Å²) in [5, 5.41) is 6.69. The minimum atomic E-state index is -0.248. The Kier molecular flexibility index (Phi) is 6.28. The maximum atomic E-state index is 12.2. The predicted molar refractivity (Wildman–Crippen MR) is 108 cm³/mol.